The molecule has 178 valence electrons. The Morgan fingerprint density at radius 1 is 1.12 bits per heavy atom. The standard InChI is InChI=1S/C22H26N2O8S/c1-13-6-7-16(33(27,28)24(3)4)12-17(13)23-21(25)14(2)32-22(26)15-10-18(29-5)20-19(11-15)30-8-9-31-20/h6-7,10-12,14H,8-9H2,1-5H3,(H,23,25)/t14-/m1/s1. The highest BCUT2D eigenvalue weighted by atomic mass is 32.2. The van der Waals surface area contributed by atoms with Gasteiger partial charge >= 0.3 is 5.97 Å². The van der Waals surface area contributed by atoms with Crippen LogP contribution in [0.4, 0.5) is 5.69 Å². The van der Waals surface area contributed by atoms with Crippen molar-refractivity contribution >= 4 is 27.6 Å². The molecule has 1 amide bonds. The molecule has 0 saturated carbocycles. The van der Waals surface area contributed by atoms with Crippen LogP contribution in [0, 0.1) is 6.92 Å². The number of anilines is 1. The van der Waals surface area contributed by atoms with E-state index in [-0.39, 0.29) is 10.5 Å². The van der Waals surface area contributed by atoms with Crippen LogP contribution in [0.3, 0.4) is 0 Å². The number of amides is 1. The van der Waals surface area contributed by atoms with Gasteiger partial charge in [-0.2, -0.15) is 0 Å². The van der Waals surface area contributed by atoms with E-state index >= 15 is 0 Å². The molecule has 1 aliphatic rings. The summed E-state index contributed by atoms with van der Waals surface area (Å²) in [6.07, 6.45) is -1.16. The topological polar surface area (TPSA) is 120 Å². The zero-order valence-corrected chi connectivity index (χ0v) is 19.8. The Morgan fingerprint density at radius 2 is 1.82 bits per heavy atom. The number of ether oxygens (including phenoxy) is 4. The fraction of sp³-hybridized carbons (Fsp3) is 0.364. The van der Waals surface area contributed by atoms with E-state index in [1.54, 1.807) is 13.0 Å². The van der Waals surface area contributed by atoms with Crippen LogP contribution < -0.4 is 19.5 Å². The molecule has 0 unspecified atom stereocenters. The van der Waals surface area contributed by atoms with Gasteiger partial charge < -0.3 is 24.3 Å². The highest BCUT2D eigenvalue weighted by Crippen LogP contribution is 2.40. The number of sulfonamides is 1. The van der Waals surface area contributed by atoms with Gasteiger partial charge in [-0.05, 0) is 43.7 Å². The van der Waals surface area contributed by atoms with E-state index in [1.807, 2.05) is 0 Å². The second kappa shape index (κ2) is 9.67. The monoisotopic (exact) mass is 478 g/mol. The highest BCUT2D eigenvalue weighted by Gasteiger charge is 2.25. The van der Waals surface area contributed by atoms with E-state index in [1.165, 1.54) is 52.4 Å². The fourth-order valence-electron chi connectivity index (χ4n) is 3.01. The van der Waals surface area contributed by atoms with Crippen molar-refractivity contribution in [3.8, 4) is 17.2 Å². The summed E-state index contributed by atoms with van der Waals surface area (Å²) >= 11 is 0. The number of aryl methyl sites for hydroxylation is 1. The molecule has 0 aliphatic carbocycles. The van der Waals surface area contributed by atoms with Crippen LogP contribution in [0.1, 0.15) is 22.8 Å². The average molecular weight is 479 g/mol. The number of benzene rings is 2. The minimum atomic E-state index is -3.68. The van der Waals surface area contributed by atoms with Crippen LogP contribution in [0.15, 0.2) is 35.2 Å². The maximum Gasteiger partial charge on any atom is 0.339 e. The Morgan fingerprint density at radius 3 is 2.48 bits per heavy atom. The lowest BCUT2D eigenvalue weighted by molar-refractivity contribution is -0.123. The first-order valence-electron chi connectivity index (χ1n) is 10.1. The summed E-state index contributed by atoms with van der Waals surface area (Å²) in [5.74, 6) is -0.317. The molecule has 0 saturated heterocycles. The predicted molar refractivity (Wildman–Crippen MR) is 120 cm³/mol. The fourth-order valence-corrected chi connectivity index (χ4v) is 3.94. The van der Waals surface area contributed by atoms with E-state index in [0.717, 1.165) is 4.31 Å². The van der Waals surface area contributed by atoms with E-state index < -0.39 is 28.0 Å². The summed E-state index contributed by atoms with van der Waals surface area (Å²) < 4.78 is 47.4. The number of nitrogens with one attached hydrogen (secondary N) is 1. The molecule has 10 nitrogen and oxygen atoms in total. The van der Waals surface area contributed by atoms with Crippen LogP contribution in [-0.2, 0) is 19.6 Å². The third-order valence-electron chi connectivity index (χ3n) is 4.96. The smallest absolute Gasteiger partial charge is 0.339 e. The van der Waals surface area contributed by atoms with E-state index in [4.69, 9.17) is 18.9 Å². The molecule has 33 heavy (non-hydrogen) atoms. The number of nitrogens with zero attached hydrogens (tertiary/aromatic N) is 1. The number of esters is 1. The zero-order chi connectivity index (χ0) is 24.3. The number of hydrogen-bond donors (Lipinski definition) is 1. The van der Waals surface area contributed by atoms with Gasteiger partial charge in [0, 0.05) is 19.8 Å². The number of fused-ring (bicyclic) bond motifs is 1. The molecule has 0 radical (unpaired) electrons. The Labute approximate surface area is 192 Å². The summed E-state index contributed by atoms with van der Waals surface area (Å²) in [6, 6.07) is 7.32. The lowest BCUT2D eigenvalue weighted by atomic mass is 10.1. The Balaban J connectivity index is 1.75. The normalized spacial score (nSPS) is 13.9. The second-order valence-corrected chi connectivity index (χ2v) is 9.66. The van der Waals surface area contributed by atoms with Gasteiger partial charge in [-0.25, -0.2) is 17.5 Å². The quantitative estimate of drug-likeness (QED) is 0.602. The first-order chi connectivity index (χ1) is 15.5. The summed E-state index contributed by atoms with van der Waals surface area (Å²) in [5, 5.41) is 2.62. The molecule has 1 aliphatic heterocycles. The molecule has 11 heteroatoms. The van der Waals surface area contributed by atoms with Crippen LogP contribution in [0.2, 0.25) is 0 Å². The van der Waals surface area contributed by atoms with Gasteiger partial charge in [0.2, 0.25) is 15.8 Å². The van der Waals surface area contributed by atoms with Crippen molar-refractivity contribution in [2.75, 3.05) is 39.7 Å². The van der Waals surface area contributed by atoms with Gasteiger partial charge in [0.1, 0.15) is 13.2 Å². The minimum Gasteiger partial charge on any atom is -0.493 e. The van der Waals surface area contributed by atoms with Gasteiger partial charge in [-0.15, -0.1) is 0 Å². The van der Waals surface area contributed by atoms with Gasteiger partial charge in [0.15, 0.2) is 17.6 Å². The van der Waals surface area contributed by atoms with Crippen LogP contribution in [0.25, 0.3) is 0 Å². The molecule has 0 aromatic heterocycles. The van der Waals surface area contributed by atoms with Crippen LogP contribution in [-0.4, -0.2) is 65.1 Å². The third-order valence-corrected chi connectivity index (χ3v) is 6.77. The SMILES string of the molecule is COc1cc(C(=O)O[C@H](C)C(=O)Nc2cc(S(=O)(=O)N(C)C)ccc2C)cc2c1OCCO2. The van der Waals surface area contributed by atoms with Crippen molar-refractivity contribution in [2.24, 2.45) is 0 Å². The maximum absolute atomic E-state index is 12.7. The number of carbonyl (C=O) groups is 2. The molecular weight excluding hydrogens is 452 g/mol. The molecule has 1 heterocycles. The van der Waals surface area contributed by atoms with Gasteiger partial charge in [-0.1, -0.05) is 6.07 Å². The first kappa shape index (κ1) is 24.3. The highest BCUT2D eigenvalue weighted by molar-refractivity contribution is 7.89. The molecule has 0 bridgehead atoms. The Kier molecular flexibility index (Phi) is 7.13. The van der Waals surface area contributed by atoms with Crippen molar-refractivity contribution in [2.45, 2.75) is 24.8 Å². The first-order valence-corrected chi connectivity index (χ1v) is 11.5. The van der Waals surface area contributed by atoms with Crippen LogP contribution in [0.5, 0.6) is 17.2 Å². The molecular formula is C22H26N2O8S. The summed E-state index contributed by atoms with van der Waals surface area (Å²) in [4.78, 5) is 25.3. The minimum absolute atomic E-state index is 0.0291. The van der Waals surface area contributed by atoms with Crippen LogP contribution >= 0.6 is 0 Å². The maximum atomic E-state index is 12.7. The van der Waals surface area contributed by atoms with E-state index in [2.05, 4.69) is 5.32 Å². The molecule has 2 aromatic carbocycles. The Bertz CT molecular complexity index is 1160. The molecule has 1 atom stereocenters. The van der Waals surface area contributed by atoms with Crippen molar-refractivity contribution in [3.63, 3.8) is 0 Å². The largest absolute Gasteiger partial charge is 0.493 e. The lowest BCUT2D eigenvalue weighted by Gasteiger charge is -2.21. The second-order valence-electron chi connectivity index (χ2n) is 7.50. The molecule has 1 N–H and O–H groups in total. The van der Waals surface area contributed by atoms with E-state index in [0.29, 0.717) is 41.7 Å². The zero-order valence-electron chi connectivity index (χ0n) is 19.0. The lowest BCUT2D eigenvalue weighted by Crippen LogP contribution is -2.30. The van der Waals surface area contributed by atoms with Crippen molar-refractivity contribution < 1.29 is 37.0 Å². The summed E-state index contributed by atoms with van der Waals surface area (Å²) in [6.45, 7) is 3.83. The van der Waals surface area contributed by atoms with E-state index in [9.17, 15) is 18.0 Å². The summed E-state index contributed by atoms with van der Waals surface area (Å²) in [5.41, 5.74) is 1.08. The van der Waals surface area contributed by atoms with Crippen molar-refractivity contribution in [1.82, 2.24) is 4.31 Å². The predicted octanol–water partition coefficient (Wildman–Crippen LogP) is 2.21. The third kappa shape index (κ3) is 5.20. The summed E-state index contributed by atoms with van der Waals surface area (Å²) in [7, 11) is 0.594. The van der Waals surface area contributed by atoms with Gasteiger partial charge in [0.25, 0.3) is 5.91 Å². The molecule has 2 aromatic rings. The number of hydrogen-bond acceptors (Lipinski definition) is 8. The molecule has 3 rings (SSSR count). The van der Waals surface area contributed by atoms with Gasteiger partial charge in [-0.3, -0.25) is 4.79 Å². The van der Waals surface area contributed by atoms with Crippen molar-refractivity contribution in [3.05, 3.63) is 41.5 Å². The van der Waals surface area contributed by atoms with Crippen molar-refractivity contribution in [1.29, 1.82) is 0 Å². The Hall–Kier alpha value is -3.31. The molecule has 0 spiro atoms. The number of carbonyl (C=O) groups excluding carboxylic acids is 2. The molecule has 0 fully saturated rings. The van der Waals surface area contributed by atoms with Gasteiger partial charge in [0.05, 0.1) is 17.6 Å². The number of rotatable bonds is 7. The number of methoxy groups -OCH3 is 1. The average Bonchev–Trinajstić information content (AvgIpc) is 2.79.